The number of hydrogen-bond donors (Lipinski definition) is 2. The molecule has 0 bridgehead atoms. The number of ether oxygens (including phenoxy) is 1. The molecule has 0 spiro atoms. The predicted octanol–water partition coefficient (Wildman–Crippen LogP) is 3.56. The van der Waals surface area contributed by atoms with E-state index in [-0.39, 0.29) is 0 Å². The number of methoxy groups -OCH3 is 1. The van der Waals surface area contributed by atoms with Gasteiger partial charge in [0.1, 0.15) is 6.33 Å². The normalized spacial score (nSPS) is 13.8. The lowest BCUT2D eigenvalue weighted by Crippen LogP contribution is -2.23. The van der Waals surface area contributed by atoms with Gasteiger partial charge in [0.05, 0.1) is 18.5 Å². The number of aromatic nitrogens is 5. The smallest absolute Gasteiger partial charge is 0.197 e. The van der Waals surface area contributed by atoms with E-state index in [0.717, 1.165) is 36.5 Å². The Morgan fingerprint density at radius 2 is 2.03 bits per heavy atom. The molecule has 0 radical (unpaired) electrons. The summed E-state index contributed by atoms with van der Waals surface area (Å²) in [6.45, 7) is 6.37. The zero-order valence-corrected chi connectivity index (χ0v) is 16.9. The molecule has 1 aliphatic rings. The molecule has 0 saturated carbocycles. The highest BCUT2D eigenvalue weighted by Gasteiger charge is 2.21. The van der Waals surface area contributed by atoms with E-state index < -0.39 is 0 Å². The Labute approximate surface area is 169 Å². The summed E-state index contributed by atoms with van der Waals surface area (Å²) < 4.78 is 7.27. The van der Waals surface area contributed by atoms with Crippen LogP contribution in [0.4, 0.5) is 0 Å². The number of aromatic amines is 1. The molecule has 0 saturated heterocycles. The lowest BCUT2D eigenvalue weighted by atomic mass is 9.91. The number of nitrogens with zero attached hydrogens (tertiary/aromatic N) is 4. The highest BCUT2D eigenvalue weighted by Crippen LogP contribution is 2.37. The first kappa shape index (κ1) is 17.9. The van der Waals surface area contributed by atoms with Crippen LogP contribution in [0.5, 0.6) is 5.75 Å². The van der Waals surface area contributed by atoms with Gasteiger partial charge in [-0.2, -0.15) is 10.2 Å². The van der Waals surface area contributed by atoms with Crippen molar-refractivity contribution < 1.29 is 4.74 Å². The van der Waals surface area contributed by atoms with Gasteiger partial charge in [-0.3, -0.25) is 5.10 Å². The highest BCUT2D eigenvalue weighted by molar-refractivity contribution is 5.77. The fourth-order valence-corrected chi connectivity index (χ4v) is 4.16. The summed E-state index contributed by atoms with van der Waals surface area (Å²) in [5.41, 5.74) is 8.82. The summed E-state index contributed by atoms with van der Waals surface area (Å²) in [6.07, 6.45) is 4.54. The average Bonchev–Trinajstić information content (AvgIpc) is 3.39. The van der Waals surface area contributed by atoms with Crippen LogP contribution in [0.1, 0.15) is 36.5 Å². The molecule has 2 N–H and O–H groups in total. The van der Waals surface area contributed by atoms with Gasteiger partial charge in [0.25, 0.3) is 0 Å². The number of benzene rings is 1. The number of fused-ring (bicyclic) bond motifs is 2. The molecule has 29 heavy (non-hydrogen) atoms. The van der Waals surface area contributed by atoms with Gasteiger partial charge in [-0.25, -0.2) is 9.50 Å². The Morgan fingerprint density at radius 1 is 1.14 bits per heavy atom. The standard InChI is InChI=1S/C22H24N6O/c1-13(2)19-20(15-4-5-16-10-23-7-6-14(16)8-15)26-27-21(19)17-9-18(29-3)22-24-12-25-28(22)11-17/h4-5,8-9,11-13,23H,6-7,10H2,1-3H3,(H,26,27). The first-order valence-electron chi connectivity index (χ1n) is 9.94. The predicted molar refractivity (Wildman–Crippen MR) is 112 cm³/mol. The second-order valence-electron chi connectivity index (χ2n) is 7.75. The van der Waals surface area contributed by atoms with Crippen molar-refractivity contribution in [2.45, 2.75) is 32.7 Å². The van der Waals surface area contributed by atoms with E-state index in [1.54, 1.807) is 11.6 Å². The minimum Gasteiger partial charge on any atom is -0.493 e. The Hall–Kier alpha value is -3.19. The summed E-state index contributed by atoms with van der Waals surface area (Å²) in [5.74, 6) is 0.981. The van der Waals surface area contributed by atoms with Gasteiger partial charge in [0.2, 0.25) is 0 Å². The third-order valence-electron chi connectivity index (χ3n) is 5.60. The molecule has 0 amide bonds. The quantitative estimate of drug-likeness (QED) is 0.559. The molecule has 5 rings (SSSR count). The van der Waals surface area contributed by atoms with Crippen LogP contribution in [0, 0.1) is 0 Å². The van der Waals surface area contributed by atoms with E-state index in [2.05, 4.69) is 52.5 Å². The number of hydrogen-bond acceptors (Lipinski definition) is 5. The maximum Gasteiger partial charge on any atom is 0.197 e. The van der Waals surface area contributed by atoms with Crippen LogP contribution in [-0.4, -0.2) is 38.4 Å². The number of H-pyrrole nitrogens is 1. The molecule has 1 aromatic carbocycles. The maximum absolute atomic E-state index is 5.53. The van der Waals surface area contributed by atoms with Crippen LogP contribution in [0.25, 0.3) is 28.2 Å². The van der Waals surface area contributed by atoms with Gasteiger partial charge >= 0.3 is 0 Å². The van der Waals surface area contributed by atoms with E-state index in [4.69, 9.17) is 9.84 Å². The van der Waals surface area contributed by atoms with E-state index in [0.29, 0.717) is 17.3 Å². The third-order valence-corrected chi connectivity index (χ3v) is 5.60. The fraction of sp³-hybridized carbons (Fsp3) is 0.318. The van der Waals surface area contributed by atoms with Crippen molar-refractivity contribution in [1.29, 1.82) is 0 Å². The lowest BCUT2D eigenvalue weighted by molar-refractivity contribution is 0.416. The molecule has 0 atom stereocenters. The first-order valence-corrected chi connectivity index (χ1v) is 9.94. The minimum atomic E-state index is 0.300. The van der Waals surface area contributed by atoms with E-state index in [1.165, 1.54) is 28.6 Å². The molecule has 7 nitrogen and oxygen atoms in total. The van der Waals surface area contributed by atoms with Crippen molar-refractivity contribution in [3.05, 3.63) is 53.5 Å². The SMILES string of the molecule is COc1cc(-c2n[nH]c(-c3ccc4c(c3)CCNC4)c2C(C)C)cn2ncnc12. The molecule has 3 aromatic heterocycles. The summed E-state index contributed by atoms with van der Waals surface area (Å²) in [4.78, 5) is 4.27. The molecule has 4 heterocycles. The Morgan fingerprint density at radius 3 is 2.86 bits per heavy atom. The Kier molecular flexibility index (Phi) is 4.32. The van der Waals surface area contributed by atoms with Gasteiger partial charge in [-0.15, -0.1) is 0 Å². The molecule has 148 valence electrons. The van der Waals surface area contributed by atoms with Crippen molar-refractivity contribution in [2.24, 2.45) is 0 Å². The largest absolute Gasteiger partial charge is 0.493 e. The summed E-state index contributed by atoms with van der Waals surface area (Å²) >= 11 is 0. The number of nitrogens with one attached hydrogen (secondary N) is 2. The molecular weight excluding hydrogens is 364 g/mol. The number of pyridine rings is 1. The molecular formula is C22H24N6O. The van der Waals surface area contributed by atoms with E-state index in [9.17, 15) is 0 Å². The van der Waals surface area contributed by atoms with Crippen LogP contribution in [0.15, 0.2) is 36.8 Å². The van der Waals surface area contributed by atoms with Crippen LogP contribution in [-0.2, 0) is 13.0 Å². The third kappa shape index (κ3) is 2.98. The van der Waals surface area contributed by atoms with Crippen LogP contribution < -0.4 is 10.1 Å². The number of rotatable bonds is 4. The zero-order chi connectivity index (χ0) is 20.0. The first-order chi connectivity index (χ1) is 14.2. The van der Waals surface area contributed by atoms with Crippen LogP contribution >= 0.6 is 0 Å². The van der Waals surface area contributed by atoms with Crippen LogP contribution in [0.2, 0.25) is 0 Å². The van der Waals surface area contributed by atoms with E-state index in [1.807, 2.05) is 12.3 Å². The molecule has 4 aromatic rings. The lowest BCUT2D eigenvalue weighted by Gasteiger charge is -2.18. The zero-order valence-electron chi connectivity index (χ0n) is 16.9. The van der Waals surface area contributed by atoms with Crippen molar-refractivity contribution in [1.82, 2.24) is 30.1 Å². The maximum atomic E-state index is 5.53. The molecule has 1 aliphatic heterocycles. The summed E-state index contributed by atoms with van der Waals surface area (Å²) in [7, 11) is 1.65. The average molecular weight is 388 g/mol. The van der Waals surface area contributed by atoms with Gasteiger partial charge in [0, 0.05) is 29.4 Å². The van der Waals surface area contributed by atoms with Crippen molar-refractivity contribution in [3.8, 4) is 28.3 Å². The van der Waals surface area contributed by atoms with Crippen LogP contribution in [0.3, 0.4) is 0 Å². The summed E-state index contributed by atoms with van der Waals surface area (Å²) in [6, 6.07) is 8.71. The Balaban J connectivity index is 1.66. The second kappa shape index (κ2) is 7.00. The summed E-state index contributed by atoms with van der Waals surface area (Å²) in [5, 5.41) is 15.7. The fourth-order valence-electron chi connectivity index (χ4n) is 4.16. The van der Waals surface area contributed by atoms with Gasteiger partial charge < -0.3 is 10.1 Å². The Bertz CT molecular complexity index is 1190. The van der Waals surface area contributed by atoms with Gasteiger partial charge in [-0.05, 0) is 42.1 Å². The van der Waals surface area contributed by atoms with E-state index >= 15 is 0 Å². The van der Waals surface area contributed by atoms with Crippen molar-refractivity contribution in [2.75, 3.05) is 13.7 Å². The molecule has 0 unspecified atom stereocenters. The van der Waals surface area contributed by atoms with Crippen molar-refractivity contribution >= 4 is 5.65 Å². The van der Waals surface area contributed by atoms with Gasteiger partial charge in [0.15, 0.2) is 11.4 Å². The molecule has 0 aliphatic carbocycles. The van der Waals surface area contributed by atoms with Gasteiger partial charge in [-0.1, -0.05) is 26.0 Å². The topological polar surface area (TPSA) is 80.1 Å². The minimum absolute atomic E-state index is 0.300. The molecule has 0 fully saturated rings. The second-order valence-corrected chi connectivity index (χ2v) is 7.75. The van der Waals surface area contributed by atoms with Crippen molar-refractivity contribution in [3.63, 3.8) is 0 Å². The highest BCUT2D eigenvalue weighted by atomic mass is 16.5. The monoisotopic (exact) mass is 388 g/mol. The molecule has 7 heteroatoms.